The number of nitrogens with zero attached hydrogens (tertiary/aromatic N) is 1. The molecule has 0 unspecified atom stereocenters. The molecule has 0 aliphatic heterocycles. The Bertz CT molecular complexity index is 299. The van der Waals surface area contributed by atoms with Gasteiger partial charge in [-0.05, 0) is 47.6 Å². The molecule has 1 aromatic rings. The van der Waals surface area contributed by atoms with E-state index in [1.807, 2.05) is 22.6 Å². The first-order valence-electron chi connectivity index (χ1n) is 3.43. The molecular weight excluding hydrogens is 275 g/mol. The topological polar surface area (TPSA) is 12.9 Å². The number of halogens is 3. The fraction of sp³-hybridized carbons (Fsp3) is 0.375. The number of aryl methyl sites for hydroxylation is 1. The van der Waals surface area contributed by atoms with Crippen molar-refractivity contribution in [1.82, 2.24) is 4.98 Å². The van der Waals surface area contributed by atoms with Crippen LogP contribution in [0.5, 0.6) is 0 Å². The Kier molecular flexibility index (Phi) is 2.98. The third-order valence-corrected chi connectivity index (χ3v) is 2.67. The van der Waals surface area contributed by atoms with Crippen molar-refractivity contribution in [2.45, 2.75) is 20.3 Å². The van der Waals surface area contributed by atoms with Crippen LogP contribution in [0.15, 0.2) is 6.20 Å². The van der Waals surface area contributed by atoms with E-state index in [1.165, 1.54) is 0 Å². The van der Waals surface area contributed by atoms with Crippen LogP contribution in [-0.2, 0) is 0 Å². The average molecular weight is 283 g/mol. The van der Waals surface area contributed by atoms with Crippen LogP contribution in [0.4, 0.5) is 8.78 Å². The van der Waals surface area contributed by atoms with E-state index in [0.29, 0.717) is 9.26 Å². The highest BCUT2D eigenvalue weighted by Crippen LogP contribution is 2.27. The Hall–Kier alpha value is -0.260. The van der Waals surface area contributed by atoms with Crippen molar-refractivity contribution in [1.29, 1.82) is 0 Å². The summed E-state index contributed by atoms with van der Waals surface area (Å²) in [6.07, 6.45) is -0.813. The molecule has 12 heavy (non-hydrogen) atoms. The van der Waals surface area contributed by atoms with Gasteiger partial charge in [0, 0.05) is 6.20 Å². The fourth-order valence-electron chi connectivity index (χ4n) is 0.941. The predicted octanol–water partition coefficient (Wildman–Crippen LogP) is 3.24. The second kappa shape index (κ2) is 3.64. The molecule has 0 amide bonds. The molecule has 1 nitrogen and oxygen atoms in total. The van der Waals surface area contributed by atoms with Crippen molar-refractivity contribution < 1.29 is 8.78 Å². The number of aromatic nitrogens is 1. The lowest BCUT2D eigenvalue weighted by Gasteiger charge is -2.08. The van der Waals surface area contributed by atoms with Crippen molar-refractivity contribution >= 4 is 22.6 Å². The molecule has 1 heterocycles. The van der Waals surface area contributed by atoms with Crippen LogP contribution in [-0.4, -0.2) is 4.98 Å². The summed E-state index contributed by atoms with van der Waals surface area (Å²) < 4.78 is 25.2. The van der Waals surface area contributed by atoms with E-state index >= 15 is 0 Å². The SMILES string of the molecule is Cc1cnc(I)c(C(F)F)c1C. The highest BCUT2D eigenvalue weighted by Gasteiger charge is 2.16. The van der Waals surface area contributed by atoms with Gasteiger partial charge in [-0.15, -0.1) is 0 Å². The molecule has 0 aliphatic carbocycles. The lowest BCUT2D eigenvalue weighted by Crippen LogP contribution is -1.99. The number of pyridine rings is 1. The molecule has 1 rings (SSSR count). The molecule has 1 aromatic heterocycles. The zero-order valence-corrected chi connectivity index (χ0v) is 8.89. The van der Waals surface area contributed by atoms with E-state index in [1.54, 1.807) is 20.0 Å². The molecule has 4 heteroatoms. The van der Waals surface area contributed by atoms with Crippen molar-refractivity contribution in [3.8, 4) is 0 Å². The van der Waals surface area contributed by atoms with Gasteiger partial charge in [-0.3, -0.25) is 0 Å². The van der Waals surface area contributed by atoms with E-state index in [-0.39, 0.29) is 5.56 Å². The normalized spacial score (nSPS) is 10.8. The zero-order valence-electron chi connectivity index (χ0n) is 6.74. The molecule has 66 valence electrons. The van der Waals surface area contributed by atoms with Gasteiger partial charge >= 0.3 is 0 Å². The second-order valence-corrected chi connectivity index (χ2v) is 3.59. The third kappa shape index (κ3) is 1.73. The minimum Gasteiger partial charge on any atom is -0.250 e. The number of rotatable bonds is 1. The second-order valence-electron chi connectivity index (χ2n) is 2.57. The van der Waals surface area contributed by atoms with Gasteiger partial charge in [0.25, 0.3) is 6.43 Å². The maximum absolute atomic E-state index is 12.4. The van der Waals surface area contributed by atoms with Crippen LogP contribution >= 0.6 is 22.6 Å². The van der Waals surface area contributed by atoms with Gasteiger partial charge in [-0.25, -0.2) is 13.8 Å². The molecule has 0 N–H and O–H groups in total. The van der Waals surface area contributed by atoms with Gasteiger partial charge in [0.05, 0.1) is 5.56 Å². The van der Waals surface area contributed by atoms with Crippen molar-refractivity contribution in [3.05, 3.63) is 26.6 Å². The van der Waals surface area contributed by atoms with Crippen LogP contribution in [0, 0.1) is 17.5 Å². The molecule has 0 saturated carbocycles. The molecule has 0 radical (unpaired) electrons. The summed E-state index contributed by atoms with van der Waals surface area (Å²) in [5, 5.41) is 0. The van der Waals surface area contributed by atoms with Crippen LogP contribution in [0.2, 0.25) is 0 Å². The number of hydrogen-bond acceptors (Lipinski definition) is 1. The summed E-state index contributed by atoms with van der Waals surface area (Å²) in [6.45, 7) is 3.48. The van der Waals surface area contributed by atoms with Crippen LogP contribution in [0.25, 0.3) is 0 Å². The third-order valence-electron chi connectivity index (χ3n) is 1.81. The highest BCUT2D eigenvalue weighted by atomic mass is 127. The monoisotopic (exact) mass is 283 g/mol. The number of alkyl halides is 2. The lowest BCUT2D eigenvalue weighted by molar-refractivity contribution is 0.149. The standard InChI is InChI=1S/C8H8F2IN/c1-4-3-12-8(11)6(5(4)2)7(9)10/h3,7H,1-2H3. The summed E-state index contributed by atoms with van der Waals surface area (Å²) in [6, 6.07) is 0. The van der Waals surface area contributed by atoms with Crippen LogP contribution in [0.1, 0.15) is 23.1 Å². The first-order chi connectivity index (χ1) is 5.54. The maximum Gasteiger partial charge on any atom is 0.266 e. The Balaban J connectivity index is 3.33. The average Bonchev–Trinajstić information content (AvgIpc) is 1.97. The van der Waals surface area contributed by atoms with Gasteiger partial charge in [0.1, 0.15) is 3.70 Å². The molecule has 0 bridgehead atoms. The maximum atomic E-state index is 12.4. The summed E-state index contributed by atoms with van der Waals surface area (Å²) in [5.41, 5.74) is 1.52. The Morgan fingerprint density at radius 1 is 1.42 bits per heavy atom. The first-order valence-corrected chi connectivity index (χ1v) is 4.51. The summed E-state index contributed by atoms with van der Waals surface area (Å²) in [5.74, 6) is 0. The molecule has 0 spiro atoms. The van der Waals surface area contributed by atoms with Crippen molar-refractivity contribution in [3.63, 3.8) is 0 Å². The van der Waals surface area contributed by atoms with Gasteiger partial charge in [0.2, 0.25) is 0 Å². The van der Waals surface area contributed by atoms with Gasteiger partial charge in [0.15, 0.2) is 0 Å². The van der Waals surface area contributed by atoms with Crippen molar-refractivity contribution in [2.75, 3.05) is 0 Å². The first kappa shape index (κ1) is 9.83. The molecular formula is C8H8F2IN. The predicted molar refractivity (Wildman–Crippen MR) is 51.4 cm³/mol. The minimum absolute atomic E-state index is 0.0654. The van der Waals surface area contributed by atoms with E-state index < -0.39 is 6.43 Å². The Morgan fingerprint density at radius 2 is 2.00 bits per heavy atom. The molecule has 0 fully saturated rings. The van der Waals surface area contributed by atoms with Crippen LogP contribution < -0.4 is 0 Å². The quantitative estimate of drug-likeness (QED) is 0.569. The van der Waals surface area contributed by atoms with E-state index in [2.05, 4.69) is 4.98 Å². The molecule has 0 aromatic carbocycles. The lowest BCUT2D eigenvalue weighted by atomic mass is 10.1. The van der Waals surface area contributed by atoms with Crippen LogP contribution in [0.3, 0.4) is 0 Å². The van der Waals surface area contributed by atoms with E-state index in [4.69, 9.17) is 0 Å². The Morgan fingerprint density at radius 3 is 2.42 bits per heavy atom. The van der Waals surface area contributed by atoms with Gasteiger partial charge in [-0.2, -0.15) is 0 Å². The van der Waals surface area contributed by atoms with Gasteiger partial charge in [-0.1, -0.05) is 0 Å². The summed E-state index contributed by atoms with van der Waals surface area (Å²) in [4.78, 5) is 3.87. The van der Waals surface area contributed by atoms with Crippen molar-refractivity contribution in [2.24, 2.45) is 0 Å². The summed E-state index contributed by atoms with van der Waals surface area (Å²) in [7, 11) is 0. The zero-order chi connectivity index (χ0) is 9.30. The molecule has 0 saturated heterocycles. The largest absolute Gasteiger partial charge is 0.266 e. The smallest absolute Gasteiger partial charge is 0.250 e. The summed E-state index contributed by atoms with van der Waals surface area (Å²) >= 11 is 1.83. The molecule has 0 aliphatic rings. The fourth-order valence-corrected chi connectivity index (χ4v) is 1.72. The highest BCUT2D eigenvalue weighted by molar-refractivity contribution is 14.1. The van der Waals surface area contributed by atoms with E-state index in [0.717, 1.165) is 5.56 Å². The minimum atomic E-state index is -2.43. The number of hydrogen-bond donors (Lipinski definition) is 0. The Labute approximate surface area is 83.3 Å². The van der Waals surface area contributed by atoms with Gasteiger partial charge < -0.3 is 0 Å². The van der Waals surface area contributed by atoms with E-state index in [9.17, 15) is 8.78 Å². The molecule has 0 atom stereocenters.